The molecule has 2 rings (SSSR count). The molecule has 1 aromatic carbocycles. The smallest absolute Gasteiger partial charge is 0.433 e. The summed E-state index contributed by atoms with van der Waals surface area (Å²) in [5.41, 5.74) is 0.620. The second-order valence-electron chi connectivity index (χ2n) is 3.96. The van der Waals surface area contributed by atoms with Crippen LogP contribution in [0, 0.1) is 10.1 Å². The lowest BCUT2D eigenvalue weighted by Crippen LogP contribution is -2.25. The van der Waals surface area contributed by atoms with Crippen molar-refractivity contribution >= 4 is 17.5 Å². The highest BCUT2D eigenvalue weighted by atomic mass is 16.6. The Morgan fingerprint density at radius 3 is 2.40 bits per heavy atom. The van der Waals surface area contributed by atoms with Crippen LogP contribution >= 0.6 is 0 Å². The van der Waals surface area contributed by atoms with E-state index in [9.17, 15) is 14.9 Å². The van der Waals surface area contributed by atoms with Crippen molar-refractivity contribution < 1.29 is 18.9 Å². The van der Waals surface area contributed by atoms with Gasteiger partial charge < -0.3 is 14.1 Å². The van der Waals surface area contributed by atoms with Crippen molar-refractivity contribution in [3.8, 4) is 5.75 Å². The number of hydrogen-bond acceptors (Lipinski definition) is 5. The fourth-order valence-corrected chi connectivity index (χ4v) is 1.63. The Kier molecular flexibility index (Phi) is 3.69. The molecule has 1 heterocycles. The fourth-order valence-electron chi connectivity index (χ4n) is 1.63. The van der Waals surface area contributed by atoms with Crippen LogP contribution in [0.25, 0.3) is 0 Å². The summed E-state index contributed by atoms with van der Waals surface area (Å²) in [7, 11) is 3.10. The van der Waals surface area contributed by atoms with Gasteiger partial charge in [-0.05, 0) is 30.3 Å². The van der Waals surface area contributed by atoms with Crippen LogP contribution in [0.3, 0.4) is 0 Å². The molecule has 0 fully saturated rings. The summed E-state index contributed by atoms with van der Waals surface area (Å²) in [6.45, 7) is 0. The molecule has 7 heteroatoms. The Morgan fingerprint density at radius 2 is 1.90 bits per heavy atom. The number of rotatable bonds is 4. The average Bonchev–Trinajstić information content (AvgIpc) is 2.96. The number of furan rings is 1. The number of anilines is 1. The van der Waals surface area contributed by atoms with Crippen molar-refractivity contribution in [2.45, 2.75) is 0 Å². The zero-order valence-electron chi connectivity index (χ0n) is 10.9. The molecule has 0 aliphatic heterocycles. The van der Waals surface area contributed by atoms with Crippen LogP contribution in [0.2, 0.25) is 0 Å². The average molecular weight is 276 g/mol. The topological polar surface area (TPSA) is 85.8 Å². The predicted octanol–water partition coefficient (Wildman–Crippen LogP) is 2.47. The molecular formula is C13H12N2O5. The maximum Gasteiger partial charge on any atom is 0.433 e. The molecule has 0 saturated heterocycles. The van der Waals surface area contributed by atoms with Crippen molar-refractivity contribution in [2.24, 2.45) is 0 Å². The number of carbonyl (C=O) groups excluding carboxylic acids is 1. The van der Waals surface area contributed by atoms with E-state index in [1.54, 1.807) is 38.4 Å². The molecule has 2 aromatic rings. The van der Waals surface area contributed by atoms with Crippen molar-refractivity contribution in [3.63, 3.8) is 0 Å². The van der Waals surface area contributed by atoms with Gasteiger partial charge >= 0.3 is 5.88 Å². The van der Waals surface area contributed by atoms with Gasteiger partial charge in [-0.1, -0.05) is 0 Å². The van der Waals surface area contributed by atoms with E-state index in [1.165, 1.54) is 11.0 Å². The third-order valence-corrected chi connectivity index (χ3v) is 2.75. The number of carbonyl (C=O) groups is 1. The molecular weight excluding hydrogens is 264 g/mol. The third-order valence-electron chi connectivity index (χ3n) is 2.75. The normalized spacial score (nSPS) is 10.1. The van der Waals surface area contributed by atoms with Crippen LogP contribution in [0.1, 0.15) is 10.6 Å². The van der Waals surface area contributed by atoms with Crippen LogP contribution in [-0.2, 0) is 0 Å². The van der Waals surface area contributed by atoms with E-state index in [0.717, 1.165) is 6.07 Å². The monoisotopic (exact) mass is 276 g/mol. The summed E-state index contributed by atoms with van der Waals surface area (Å²) in [6, 6.07) is 9.26. The molecule has 1 amide bonds. The van der Waals surface area contributed by atoms with E-state index >= 15 is 0 Å². The molecule has 0 N–H and O–H groups in total. The van der Waals surface area contributed by atoms with Crippen LogP contribution in [0.4, 0.5) is 11.6 Å². The van der Waals surface area contributed by atoms with Crippen LogP contribution < -0.4 is 9.64 Å². The molecule has 0 atom stereocenters. The summed E-state index contributed by atoms with van der Waals surface area (Å²) in [4.78, 5) is 23.3. The Bertz CT molecular complexity index is 632. The van der Waals surface area contributed by atoms with Crippen molar-refractivity contribution in [2.75, 3.05) is 19.1 Å². The maximum absolute atomic E-state index is 12.1. The quantitative estimate of drug-likeness (QED) is 0.632. The van der Waals surface area contributed by atoms with E-state index in [4.69, 9.17) is 9.15 Å². The molecule has 0 bridgehead atoms. The maximum atomic E-state index is 12.1. The van der Waals surface area contributed by atoms with Crippen molar-refractivity contribution in [1.29, 1.82) is 0 Å². The lowest BCUT2D eigenvalue weighted by atomic mass is 10.2. The van der Waals surface area contributed by atoms with Gasteiger partial charge in [0.25, 0.3) is 5.91 Å². The van der Waals surface area contributed by atoms with Gasteiger partial charge in [-0.2, -0.15) is 0 Å². The lowest BCUT2D eigenvalue weighted by molar-refractivity contribution is -0.402. The summed E-state index contributed by atoms with van der Waals surface area (Å²) in [5, 5.41) is 10.5. The highest BCUT2D eigenvalue weighted by Gasteiger charge is 2.21. The van der Waals surface area contributed by atoms with Gasteiger partial charge in [0, 0.05) is 12.7 Å². The summed E-state index contributed by atoms with van der Waals surface area (Å²) >= 11 is 0. The van der Waals surface area contributed by atoms with E-state index < -0.39 is 16.7 Å². The number of nitrogens with zero attached hydrogens (tertiary/aromatic N) is 2. The fraction of sp³-hybridized carbons (Fsp3) is 0.154. The summed E-state index contributed by atoms with van der Waals surface area (Å²) < 4.78 is 9.91. The number of amides is 1. The SMILES string of the molecule is COc1ccc(N(C)C(=O)c2ccc([N+](=O)[O-])o2)cc1. The molecule has 0 radical (unpaired) electrons. The Labute approximate surface area is 114 Å². The number of nitro groups is 1. The Morgan fingerprint density at radius 1 is 1.25 bits per heavy atom. The third kappa shape index (κ3) is 2.61. The first-order valence-electron chi connectivity index (χ1n) is 5.69. The largest absolute Gasteiger partial charge is 0.497 e. The molecule has 0 aliphatic carbocycles. The van der Waals surface area contributed by atoms with Crippen molar-refractivity contribution in [3.05, 3.63) is 52.3 Å². The van der Waals surface area contributed by atoms with Gasteiger partial charge in [0.15, 0.2) is 5.76 Å². The number of hydrogen-bond donors (Lipinski definition) is 0. The van der Waals surface area contributed by atoms with Crippen molar-refractivity contribution in [1.82, 2.24) is 0 Å². The highest BCUT2D eigenvalue weighted by Crippen LogP contribution is 2.22. The molecule has 20 heavy (non-hydrogen) atoms. The predicted molar refractivity (Wildman–Crippen MR) is 71.1 cm³/mol. The summed E-state index contributed by atoms with van der Waals surface area (Å²) in [5.74, 6) is -0.349. The van der Waals surface area contributed by atoms with Gasteiger partial charge in [-0.3, -0.25) is 14.9 Å². The Hall–Kier alpha value is -2.83. The minimum absolute atomic E-state index is 0.0879. The van der Waals surface area contributed by atoms with Crippen LogP contribution in [0.15, 0.2) is 40.8 Å². The minimum Gasteiger partial charge on any atom is -0.497 e. The van der Waals surface area contributed by atoms with Gasteiger partial charge in [0.2, 0.25) is 0 Å². The van der Waals surface area contributed by atoms with Crippen LogP contribution in [-0.4, -0.2) is 25.0 Å². The molecule has 7 nitrogen and oxygen atoms in total. The Balaban J connectivity index is 2.20. The molecule has 0 unspecified atom stereocenters. The second kappa shape index (κ2) is 5.43. The van der Waals surface area contributed by atoms with E-state index in [0.29, 0.717) is 11.4 Å². The highest BCUT2D eigenvalue weighted by molar-refractivity contribution is 6.03. The summed E-state index contributed by atoms with van der Waals surface area (Å²) in [6.07, 6.45) is 0. The number of benzene rings is 1. The van der Waals surface area contributed by atoms with Gasteiger partial charge in [0.05, 0.1) is 13.2 Å². The van der Waals surface area contributed by atoms with Gasteiger partial charge in [0.1, 0.15) is 10.7 Å². The molecule has 0 saturated carbocycles. The van der Waals surface area contributed by atoms with E-state index in [-0.39, 0.29) is 5.76 Å². The first-order chi connectivity index (χ1) is 9.52. The van der Waals surface area contributed by atoms with E-state index in [1.807, 2.05) is 0 Å². The lowest BCUT2D eigenvalue weighted by Gasteiger charge is -2.15. The van der Waals surface area contributed by atoms with E-state index in [2.05, 4.69) is 0 Å². The minimum atomic E-state index is -0.690. The zero-order valence-corrected chi connectivity index (χ0v) is 10.9. The van der Waals surface area contributed by atoms with Crippen LogP contribution in [0.5, 0.6) is 5.75 Å². The zero-order chi connectivity index (χ0) is 14.7. The molecule has 1 aromatic heterocycles. The first kappa shape index (κ1) is 13.6. The molecule has 0 spiro atoms. The van der Waals surface area contributed by atoms with Gasteiger partial charge in [-0.15, -0.1) is 0 Å². The first-order valence-corrected chi connectivity index (χ1v) is 5.69. The number of ether oxygens (including phenoxy) is 1. The molecule has 0 aliphatic rings. The number of methoxy groups -OCH3 is 1. The standard InChI is InChI=1S/C13H12N2O5/c1-14(9-3-5-10(19-2)6-4-9)13(16)11-7-8-12(20-11)15(17)18/h3-8H,1-2H3. The second-order valence-corrected chi connectivity index (χ2v) is 3.96. The molecule has 104 valence electrons. The van der Waals surface area contributed by atoms with Gasteiger partial charge in [-0.25, -0.2) is 0 Å².